The van der Waals surface area contributed by atoms with E-state index in [4.69, 9.17) is 22.1 Å². The highest BCUT2D eigenvalue weighted by molar-refractivity contribution is 6.32. The second-order valence-corrected chi connectivity index (χ2v) is 5.86. The molecule has 0 aliphatic heterocycles. The maximum Gasteiger partial charge on any atom is 0.141 e. The standard InChI is InChI=1S/C18H22ClNO/c1-13(2)15-8-6-14(7-9-15)12-21-18-16(10-11-20)4-3-5-17(18)19/h3-9,13H,10-12,20H2,1-2H3. The Labute approximate surface area is 131 Å². The number of ether oxygens (including phenoxy) is 1. The molecule has 21 heavy (non-hydrogen) atoms. The van der Waals surface area contributed by atoms with Gasteiger partial charge in [-0.3, -0.25) is 0 Å². The fourth-order valence-corrected chi connectivity index (χ4v) is 2.47. The minimum absolute atomic E-state index is 0.514. The van der Waals surface area contributed by atoms with Crippen molar-refractivity contribution in [2.45, 2.75) is 32.8 Å². The number of benzene rings is 2. The smallest absolute Gasteiger partial charge is 0.141 e. The average molecular weight is 304 g/mol. The predicted molar refractivity (Wildman–Crippen MR) is 89.1 cm³/mol. The van der Waals surface area contributed by atoms with Gasteiger partial charge in [0.1, 0.15) is 12.4 Å². The van der Waals surface area contributed by atoms with E-state index in [0.29, 0.717) is 24.1 Å². The summed E-state index contributed by atoms with van der Waals surface area (Å²) in [6.07, 6.45) is 0.766. The highest BCUT2D eigenvalue weighted by atomic mass is 35.5. The zero-order chi connectivity index (χ0) is 15.2. The summed E-state index contributed by atoms with van der Waals surface area (Å²) in [6.45, 7) is 5.47. The molecule has 0 aliphatic rings. The predicted octanol–water partition coefficient (Wildman–Crippen LogP) is 4.54. The van der Waals surface area contributed by atoms with E-state index < -0.39 is 0 Å². The van der Waals surface area contributed by atoms with Crippen molar-refractivity contribution >= 4 is 11.6 Å². The van der Waals surface area contributed by atoms with Gasteiger partial charge in [-0.1, -0.05) is 61.8 Å². The number of hydrogen-bond acceptors (Lipinski definition) is 2. The van der Waals surface area contributed by atoms with Gasteiger partial charge in [0.2, 0.25) is 0 Å². The van der Waals surface area contributed by atoms with Crippen LogP contribution in [0.2, 0.25) is 5.02 Å². The quantitative estimate of drug-likeness (QED) is 0.850. The molecule has 2 nitrogen and oxygen atoms in total. The Morgan fingerprint density at radius 2 is 1.81 bits per heavy atom. The Balaban J connectivity index is 2.09. The molecule has 2 aromatic rings. The van der Waals surface area contributed by atoms with Crippen LogP contribution in [0.3, 0.4) is 0 Å². The van der Waals surface area contributed by atoms with Gasteiger partial charge >= 0.3 is 0 Å². The van der Waals surface area contributed by atoms with E-state index in [-0.39, 0.29) is 0 Å². The van der Waals surface area contributed by atoms with E-state index in [2.05, 4.69) is 38.1 Å². The van der Waals surface area contributed by atoms with Gasteiger partial charge in [-0.25, -0.2) is 0 Å². The first-order valence-electron chi connectivity index (χ1n) is 7.31. The molecular weight excluding hydrogens is 282 g/mol. The van der Waals surface area contributed by atoms with Gasteiger partial charge < -0.3 is 10.5 Å². The van der Waals surface area contributed by atoms with E-state index in [1.807, 2.05) is 18.2 Å². The SMILES string of the molecule is CC(C)c1ccc(COc2c(Cl)cccc2CCN)cc1. The number of para-hydroxylation sites is 1. The third kappa shape index (κ3) is 4.23. The molecule has 0 aliphatic carbocycles. The first-order valence-corrected chi connectivity index (χ1v) is 7.68. The Bertz CT molecular complexity index is 578. The minimum Gasteiger partial charge on any atom is -0.487 e. The zero-order valence-electron chi connectivity index (χ0n) is 12.6. The van der Waals surface area contributed by atoms with Crippen molar-refractivity contribution in [2.24, 2.45) is 5.73 Å². The first-order chi connectivity index (χ1) is 10.1. The third-order valence-corrected chi connectivity index (χ3v) is 3.79. The van der Waals surface area contributed by atoms with Crippen LogP contribution in [0.25, 0.3) is 0 Å². The molecule has 0 spiro atoms. The second kappa shape index (κ2) is 7.48. The van der Waals surface area contributed by atoms with Crippen molar-refractivity contribution in [1.29, 1.82) is 0 Å². The van der Waals surface area contributed by atoms with E-state index in [1.54, 1.807) is 0 Å². The van der Waals surface area contributed by atoms with Crippen LogP contribution in [0.15, 0.2) is 42.5 Å². The van der Waals surface area contributed by atoms with Gasteiger partial charge in [-0.15, -0.1) is 0 Å². The summed E-state index contributed by atoms with van der Waals surface area (Å²) < 4.78 is 5.92. The lowest BCUT2D eigenvalue weighted by atomic mass is 10.0. The molecule has 2 aromatic carbocycles. The number of nitrogens with two attached hydrogens (primary N) is 1. The minimum atomic E-state index is 0.514. The molecule has 112 valence electrons. The highest BCUT2D eigenvalue weighted by Gasteiger charge is 2.08. The van der Waals surface area contributed by atoms with E-state index in [9.17, 15) is 0 Å². The largest absolute Gasteiger partial charge is 0.487 e. The Morgan fingerprint density at radius 1 is 1.10 bits per heavy atom. The summed E-state index contributed by atoms with van der Waals surface area (Å²) >= 11 is 6.23. The Kier molecular flexibility index (Phi) is 5.66. The maximum atomic E-state index is 6.23. The molecule has 0 amide bonds. The van der Waals surface area contributed by atoms with Gasteiger partial charge in [-0.2, -0.15) is 0 Å². The summed E-state index contributed by atoms with van der Waals surface area (Å²) in [6, 6.07) is 14.3. The van der Waals surface area contributed by atoms with Crippen LogP contribution in [-0.4, -0.2) is 6.54 Å². The van der Waals surface area contributed by atoms with Gasteiger partial charge in [0.05, 0.1) is 5.02 Å². The van der Waals surface area contributed by atoms with E-state index in [1.165, 1.54) is 5.56 Å². The van der Waals surface area contributed by atoms with E-state index >= 15 is 0 Å². The maximum absolute atomic E-state index is 6.23. The van der Waals surface area contributed by atoms with Crippen molar-refractivity contribution in [3.63, 3.8) is 0 Å². The Morgan fingerprint density at radius 3 is 2.43 bits per heavy atom. The van der Waals surface area contributed by atoms with Crippen LogP contribution in [0.5, 0.6) is 5.75 Å². The number of hydrogen-bond donors (Lipinski definition) is 1. The molecule has 0 saturated heterocycles. The molecule has 2 N–H and O–H groups in total. The molecule has 0 saturated carbocycles. The molecule has 0 aromatic heterocycles. The van der Waals surface area contributed by atoms with Gasteiger partial charge in [-0.05, 0) is 41.6 Å². The molecule has 0 unspecified atom stereocenters. The normalized spacial score (nSPS) is 10.9. The summed E-state index contributed by atoms with van der Waals surface area (Å²) in [5.41, 5.74) is 9.16. The molecule has 2 rings (SSSR count). The molecule has 0 bridgehead atoms. The highest BCUT2D eigenvalue weighted by Crippen LogP contribution is 2.29. The lowest BCUT2D eigenvalue weighted by molar-refractivity contribution is 0.303. The van der Waals surface area contributed by atoms with Crippen LogP contribution < -0.4 is 10.5 Å². The first kappa shape index (κ1) is 15.9. The molecule has 0 radical (unpaired) electrons. The fraction of sp³-hybridized carbons (Fsp3) is 0.333. The molecular formula is C18H22ClNO. The molecule has 3 heteroatoms. The van der Waals surface area contributed by atoms with Crippen molar-refractivity contribution in [3.05, 3.63) is 64.2 Å². The average Bonchev–Trinajstić information content (AvgIpc) is 2.47. The van der Waals surface area contributed by atoms with Crippen molar-refractivity contribution in [1.82, 2.24) is 0 Å². The van der Waals surface area contributed by atoms with Crippen LogP contribution in [0.1, 0.15) is 36.5 Å². The molecule has 0 heterocycles. The Hall–Kier alpha value is -1.51. The molecule has 0 fully saturated rings. The van der Waals surface area contributed by atoms with Gasteiger partial charge in [0, 0.05) is 0 Å². The summed E-state index contributed by atoms with van der Waals surface area (Å²) in [5.74, 6) is 1.29. The fourth-order valence-electron chi connectivity index (χ4n) is 2.22. The van der Waals surface area contributed by atoms with Crippen LogP contribution in [0, 0.1) is 0 Å². The monoisotopic (exact) mass is 303 g/mol. The lowest BCUT2D eigenvalue weighted by Gasteiger charge is -2.13. The lowest BCUT2D eigenvalue weighted by Crippen LogP contribution is -2.06. The topological polar surface area (TPSA) is 35.2 Å². The van der Waals surface area contributed by atoms with Crippen LogP contribution >= 0.6 is 11.6 Å². The van der Waals surface area contributed by atoms with Gasteiger partial charge in [0.25, 0.3) is 0 Å². The van der Waals surface area contributed by atoms with Crippen LogP contribution in [-0.2, 0) is 13.0 Å². The summed E-state index contributed by atoms with van der Waals surface area (Å²) in [7, 11) is 0. The second-order valence-electron chi connectivity index (χ2n) is 5.45. The van der Waals surface area contributed by atoms with E-state index in [0.717, 1.165) is 23.3 Å². The van der Waals surface area contributed by atoms with Crippen molar-refractivity contribution in [3.8, 4) is 5.75 Å². The zero-order valence-corrected chi connectivity index (χ0v) is 13.4. The number of halogens is 1. The third-order valence-electron chi connectivity index (χ3n) is 3.49. The molecule has 0 atom stereocenters. The van der Waals surface area contributed by atoms with Gasteiger partial charge in [0.15, 0.2) is 0 Å². The van der Waals surface area contributed by atoms with Crippen molar-refractivity contribution in [2.75, 3.05) is 6.54 Å². The number of rotatable bonds is 6. The summed E-state index contributed by atoms with van der Waals surface area (Å²) in [5, 5.41) is 0.639. The van der Waals surface area contributed by atoms with Crippen LogP contribution in [0.4, 0.5) is 0 Å². The summed E-state index contributed by atoms with van der Waals surface area (Å²) in [4.78, 5) is 0. The van der Waals surface area contributed by atoms with Crippen molar-refractivity contribution < 1.29 is 4.74 Å².